The van der Waals surface area contributed by atoms with Crippen molar-refractivity contribution in [3.8, 4) is 0 Å². The average molecular weight is 299 g/mol. The van der Waals surface area contributed by atoms with Gasteiger partial charge in [0, 0.05) is 30.5 Å². The molecular weight excluding hydrogens is 274 g/mol. The zero-order chi connectivity index (χ0) is 14.9. The molecule has 1 heterocycles. The quantitative estimate of drug-likeness (QED) is 0.808. The number of aromatic nitrogens is 1. The lowest BCUT2D eigenvalue weighted by molar-refractivity contribution is 0.560. The first-order valence-electron chi connectivity index (χ1n) is 7.26. The Hall–Kier alpha value is -0.850. The van der Waals surface area contributed by atoms with Crippen LogP contribution in [-0.2, 0) is 16.6 Å². The molecule has 0 amide bonds. The molecule has 0 spiro atoms. The Kier molecular flexibility index (Phi) is 4.56. The Balaban J connectivity index is 2.21. The van der Waals surface area contributed by atoms with Crippen LogP contribution >= 0.6 is 0 Å². The molecule has 1 saturated carbocycles. The van der Waals surface area contributed by atoms with E-state index in [2.05, 4.69) is 30.8 Å². The van der Waals surface area contributed by atoms with Crippen molar-refractivity contribution < 1.29 is 8.42 Å². The second-order valence-electron chi connectivity index (χ2n) is 5.83. The zero-order valence-electron chi connectivity index (χ0n) is 12.7. The van der Waals surface area contributed by atoms with Crippen LogP contribution in [0.4, 0.5) is 0 Å². The van der Waals surface area contributed by atoms with Crippen LogP contribution in [0.5, 0.6) is 0 Å². The van der Waals surface area contributed by atoms with Crippen LogP contribution in [0.3, 0.4) is 0 Å². The Labute approximate surface area is 121 Å². The molecule has 6 heteroatoms. The molecule has 20 heavy (non-hydrogen) atoms. The summed E-state index contributed by atoms with van der Waals surface area (Å²) in [6.45, 7) is 6.86. The van der Waals surface area contributed by atoms with Crippen molar-refractivity contribution in [2.24, 2.45) is 5.92 Å². The van der Waals surface area contributed by atoms with Crippen molar-refractivity contribution in [1.29, 1.82) is 0 Å². The average Bonchev–Trinajstić information content (AvgIpc) is 2.95. The van der Waals surface area contributed by atoms with E-state index in [1.165, 1.54) is 0 Å². The number of hydrogen-bond acceptors (Lipinski definition) is 3. The molecule has 2 N–H and O–H groups in total. The Morgan fingerprint density at radius 3 is 2.65 bits per heavy atom. The maximum absolute atomic E-state index is 12.4. The predicted molar refractivity (Wildman–Crippen MR) is 80.1 cm³/mol. The second-order valence-corrected chi connectivity index (χ2v) is 7.54. The molecule has 0 bridgehead atoms. The topological polar surface area (TPSA) is 63.1 Å². The molecule has 5 nitrogen and oxygen atoms in total. The molecule has 2 atom stereocenters. The fourth-order valence-corrected chi connectivity index (χ4v) is 3.92. The van der Waals surface area contributed by atoms with Crippen LogP contribution in [-0.4, -0.2) is 26.1 Å². The van der Waals surface area contributed by atoms with E-state index in [1.807, 2.05) is 11.6 Å². The number of rotatable bonds is 7. The normalized spacial score (nSPS) is 22.4. The Bertz CT molecular complexity index is 563. The maximum atomic E-state index is 12.4. The molecule has 1 fully saturated rings. The first-order chi connectivity index (χ1) is 9.39. The summed E-state index contributed by atoms with van der Waals surface area (Å²) < 4.78 is 29.6. The van der Waals surface area contributed by atoms with Gasteiger partial charge in [0.1, 0.15) is 0 Å². The van der Waals surface area contributed by atoms with E-state index >= 15 is 0 Å². The molecule has 0 radical (unpaired) electrons. The van der Waals surface area contributed by atoms with E-state index in [4.69, 9.17) is 0 Å². The monoisotopic (exact) mass is 299 g/mol. The van der Waals surface area contributed by atoms with Gasteiger partial charge in [0.15, 0.2) is 0 Å². The molecule has 1 aliphatic rings. The summed E-state index contributed by atoms with van der Waals surface area (Å²) in [4.78, 5) is 0.373. The third kappa shape index (κ3) is 3.24. The van der Waals surface area contributed by atoms with Gasteiger partial charge in [-0.25, -0.2) is 13.1 Å². The van der Waals surface area contributed by atoms with Crippen LogP contribution in [0, 0.1) is 5.92 Å². The van der Waals surface area contributed by atoms with Gasteiger partial charge in [0.05, 0.1) is 4.90 Å². The highest BCUT2D eigenvalue weighted by molar-refractivity contribution is 7.89. The maximum Gasteiger partial charge on any atom is 0.242 e. The van der Waals surface area contributed by atoms with Gasteiger partial charge in [-0.1, -0.05) is 13.3 Å². The lowest BCUT2D eigenvalue weighted by Gasteiger charge is -2.12. The minimum atomic E-state index is -3.39. The van der Waals surface area contributed by atoms with Gasteiger partial charge < -0.3 is 9.88 Å². The molecule has 114 valence electrons. The summed E-state index contributed by atoms with van der Waals surface area (Å²) in [5.41, 5.74) is 0.991. The summed E-state index contributed by atoms with van der Waals surface area (Å²) in [5, 5.41) is 3.08. The first kappa shape index (κ1) is 15.5. The van der Waals surface area contributed by atoms with Crippen LogP contribution in [0.1, 0.15) is 45.3 Å². The molecule has 0 aliphatic heterocycles. The standard InChI is InChI=1S/C14H25N3O2S/c1-5-11-6-14(11)16-20(18,19)13-7-12(8-15-4)17(9-13)10(2)3/h7,9-11,14-16H,5-6,8H2,1-4H3. The highest BCUT2D eigenvalue weighted by atomic mass is 32.2. The molecule has 2 rings (SSSR count). The summed E-state index contributed by atoms with van der Waals surface area (Å²) in [6, 6.07) is 2.13. The summed E-state index contributed by atoms with van der Waals surface area (Å²) in [6.07, 6.45) is 3.73. The van der Waals surface area contributed by atoms with Gasteiger partial charge in [-0.2, -0.15) is 0 Å². The van der Waals surface area contributed by atoms with Gasteiger partial charge in [-0.05, 0) is 39.3 Å². The summed E-state index contributed by atoms with van der Waals surface area (Å²) in [7, 11) is -1.53. The third-order valence-electron chi connectivity index (χ3n) is 3.88. The smallest absolute Gasteiger partial charge is 0.242 e. The highest BCUT2D eigenvalue weighted by Crippen LogP contribution is 2.34. The van der Waals surface area contributed by atoms with E-state index in [1.54, 1.807) is 12.3 Å². The van der Waals surface area contributed by atoms with E-state index in [9.17, 15) is 8.42 Å². The van der Waals surface area contributed by atoms with Crippen molar-refractivity contribution in [3.63, 3.8) is 0 Å². The third-order valence-corrected chi connectivity index (χ3v) is 5.34. The van der Waals surface area contributed by atoms with Gasteiger partial charge in [-0.15, -0.1) is 0 Å². The van der Waals surface area contributed by atoms with Crippen molar-refractivity contribution in [3.05, 3.63) is 18.0 Å². The van der Waals surface area contributed by atoms with E-state index in [-0.39, 0.29) is 12.1 Å². The van der Waals surface area contributed by atoms with Crippen molar-refractivity contribution >= 4 is 10.0 Å². The first-order valence-corrected chi connectivity index (χ1v) is 8.75. The van der Waals surface area contributed by atoms with E-state index < -0.39 is 10.0 Å². The van der Waals surface area contributed by atoms with Crippen molar-refractivity contribution in [1.82, 2.24) is 14.6 Å². The van der Waals surface area contributed by atoms with Gasteiger partial charge in [-0.3, -0.25) is 0 Å². The van der Waals surface area contributed by atoms with Crippen LogP contribution in [0.2, 0.25) is 0 Å². The lowest BCUT2D eigenvalue weighted by Crippen LogP contribution is -2.26. The van der Waals surface area contributed by atoms with E-state index in [0.29, 0.717) is 17.4 Å². The highest BCUT2D eigenvalue weighted by Gasteiger charge is 2.39. The van der Waals surface area contributed by atoms with Gasteiger partial charge >= 0.3 is 0 Å². The Morgan fingerprint density at radius 2 is 2.15 bits per heavy atom. The molecule has 0 aromatic carbocycles. The van der Waals surface area contributed by atoms with E-state index in [0.717, 1.165) is 18.5 Å². The number of hydrogen-bond donors (Lipinski definition) is 2. The van der Waals surface area contributed by atoms with Crippen molar-refractivity contribution in [2.45, 2.75) is 57.1 Å². The van der Waals surface area contributed by atoms with Crippen LogP contribution in [0.15, 0.2) is 17.2 Å². The zero-order valence-corrected chi connectivity index (χ0v) is 13.5. The largest absolute Gasteiger partial charge is 0.346 e. The molecular formula is C14H25N3O2S. The van der Waals surface area contributed by atoms with Gasteiger partial charge in [0.25, 0.3) is 0 Å². The SMILES string of the molecule is CCC1CC1NS(=O)(=O)c1cc(CNC)n(C(C)C)c1. The summed E-state index contributed by atoms with van der Waals surface area (Å²) in [5.74, 6) is 0.508. The minimum Gasteiger partial charge on any atom is -0.346 e. The minimum absolute atomic E-state index is 0.125. The Morgan fingerprint density at radius 1 is 1.45 bits per heavy atom. The number of nitrogens with zero attached hydrogens (tertiary/aromatic N) is 1. The van der Waals surface area contributed by atoms with Crippen LogP contribution in [0.25, 0.3) is 0 Å². The molecule has 1 aromatic rings. The molecule has 1 aliphatic carbocycles. The predicted octanol–water partition coefficient (Wildman–Crippen LogP) is 1.87. The summed E-state index contributed by atoms with van der Waals surface area (Å²) >= 11 is 0. The second kappa shape index (κ2) is 5.87. The fraction of sp³-hybridized carbons (Fsp3) is 0.714. The lowest BCUT2D eigenvalue weighted by atomic mass is 10.3. The molecule has 1 aromatic heterocycles. The number of sulfonamides is 1. The van der Waals surface area contributed by atoms with Crippen molar-refractivity contribution in [2.75, 3.05) is 7.05 Å². The number of nitrogens with one attached hydrogen (secondary N) is 2. The molecule has 2 unspecified atom stereocenters. The molecule has 0 saturated heterocycles. The van der Waals surface area contributed by atoms with Crippen LogP contribution < -0.4 is 10.0 Å². The van der Waals surface area contributed by atoms with Gasteiger partial charge in [0.2, 0.25) is 10.0 Å². The fourth-order valence-electron chi connectivity index (χ4n) is 2.56.